The third-order valence-corrected chi connectivity index (χ3v) is 3.82. The average Bonchev–Trinajstić information content (AvgIpc) is 3.12. The smallest absolute Gasteiger partial charge is 0.121 e. The summed E-state index contributed by atoms with van der Waals surface area (Å²) in [5.41, 5.74) is 7.74. The van der Waals surface area contributed by atoms with Crippen molar-refractivity contribution in [1.29, 1.82) is 0 Å². The van der Waals surface area contributed by atoms with Gasteiger partial charge in [-0.1, -0.05) is 0 Å². The van der Waals surface area contributed by atoms with Crippen LogP contribution in [0.15, 0.2) is 18.2 Å². The second kappa shape index (κ2) is 4.69. The van der Waals surface area contributed by atoms with Crippen molar-refractivity contribution >= 4 is 11.4 Å². The first-order valence-electron chi connectivity index (χ1n) is 6.59. The van der Waals surface area contributed by atoms with E-state index >= 15 is 0 Å². The van der Waals surface area contributed by atoms with Gasteiger partial charge in [-0.25, -0.2) is 0 Å². The molecule has 2 fully saturated rings. The van der Waals surface area contributed by atoms with Crippen LogP contribution in [0.1, 0.15) is 19.3 Å². The molecule has 1 heterocycles. The van der Waals surface area contributed by atoms with Crippen LogP contribution in [0, 0.1) is 5.92 Å². The van der Waals surface area contributed by atoms with Crippen molar-refractivity contribution in [2.75, 3.05) is 24.8 Å². The fourth-order valence-electron chi connectivity index (χ4n) is 2.65. The van der Waals surface area contributed by atoms with Crippen LogP contribution in [0.25, 0.3) is 0 Å². The molecule has 1 aromatic carbocycles. The van der Waals surface area contributed by atoms with Crippen LogP contribution >= 0.6 is 0 Å². The van der Waals surface area contributed by atoms with E-state index in [1.54, 1.807) is 7.11 Å². The first kappa shape index (κ1) is 11.7. The molecule has 1 aliphatic heterocycles. The Balaban J connectivity index is 1.71. The van der Waals surface area contributed by atoms with E-state index in [0.717, 1.165) is 36.1 Å². The second-order valence-electron chi connectivity index (χ2n) is 5.17. The van der Waals surface area contributed by atoms with Gasteiger partial charge in [-0.15, -0.1) is 0 Å². The lowest BCUT2D eigenvalue weighted by molar-refractivity contribution is 0.0898. The Hall–Kier alpha value is -1.42. The number of hydrogen-bond acceptors (Lipinski definition) is 4. The molecule has 0 amide bonds. The zero-order valence-corrected chi connectivity index (χ0v) is 10.7. The number of hydrogen-bond donors (Lipinski definition) is 2. The summed E-state index contributed by atoms with van der Waals surface area (Å²) in [6, 6.07) is 6.16. The van der Waals surface area contributed by atoms with Crippen molar-refractivity contribution in [3.05, 3.63) is 18.2 Å². The summed E-state index contributed by atoms with van der Waals surface area (Å²) in [5.74, 6) is 1.55. The lowest BCUT2D eigenvalue weighted by Crippen LogP contribution is -2.31. The number of ether oxygens (including phenoxy) is 2. The zero-order valence-electron chi connectivity index (χ0n) is 10.7. The van der Waals surface area contributed by atoms with Gasteiger partial charge >= 0.3 is 0 Å². The van der Waals surface area contributed by atoms with Crippen LogP contribution in [0.3, 0.4) is 0 Å². The first-order chi connectivity index (χ1) is 8.78. The SMILES string of the molecule is COc1ccc(NC2CCOC2C2CC2)c(N)c1. The molecular weight excluding hydrogens is 228 g/mol. The summed E-state index contributed by atoms with van der Waals surface area (Å²) in [5, 5.41) is 3.53. The van der Waals surface area contributed by atoms with Crippen LogP contribution in [0.4, 0.5) is 11.4 Å². The Morgan fingerprint density at radius 2 is 2.17 bits per heavy atom. The fraction of sp³-hybridized carbons (Fsp3) is 0.571. The first-order valence-corrected chi connectivity index (χ1v) is 6.59. The highest BCUT2D eigenvalue weighted by Crippen LogP contribution is 2.40. The molecule has 4 heteroatoms. The van der Waals surface area contributed by atoms with E-state index in [-0.39, 0.29) is 0 Å². The standard InChI is InChI=1S/C14H20N2O2/c1-17-10-4-5-12(11(15)8-10)16-13-6-7-18-14(13)9-2-3-9/h4-5,8-9,13-14,16H,2-3,6-7,15H2,1H3. The van der Waals surface area contributed by atoms with Gasteiger partial charge < -0.3 is 20.5 Å². The largest absolute Gasteiger partial charge is 0.497 e. The summed E-state index contributed by atoms with van der Waals surface area (Å²) in [6.45, 7) is 0.856. The molecule has 3 rings (SSSR count). The van der Waals surface area contributed by atoms with E-state index in [0.29, 0.717) is 12.1 Å². The molecular formula is C14H20N2O2. The Kier molecular flexibility index (Phi) is 3.04. The summed E-state index contributed by atoms with van der Waals surface area (Å²) in [4.78, 5) is 0. The van der Waals surface area contributed by atoms with Crippen molar-refractivity contribution in [2.45, 2.75) is 31.4 Å². The highest BCUT2D eigenvalue weighted by molar-refractivity contribution is 5.68. The molecule has 1 saturated carbocycles. The van der Waals surface area contributed by atoms with Gasteiger partial charge in [-0.05, 0) is 37.3 Å². The summed E-state index contributed by atoms with van der Waals surface area (Å²) >= 11 is 0. The zero-order chi connectivity index (χ0) is 12.5. The Morgan fingerprint density at radius 3 is 2.83 bits per heavy atom. The predicted octanol–water partition coefficient (Wildman–Crippen LogP) is 2.26. The topological polar surface area (TPSA) is 56.5 Å². The van der Waals surface area contributed by atoms with E-state index in [1.807, 2.05) is 18.2 Å². The minimum atomic E-state index is 0.367. The maximum absolute atomic E-state index is 6.03. The van der Waals surface area contributed by atoms with Crippen molar-refractivity contribution in [2.24, 2.45) is 5.92 Å². The normalized spacial score (nSPS) is 27.2. The molecule has 98 valence electrons. The Labute approximate surface area is 107 Å². The van der Waals surface area contributed by atoms with Gasteiger partial charge in [0.05, 0.1) is 30.6 Å². The highest BCUT2D eigenvalue weighted by atomic mass is 16.5. The average molecular weight is 248 g/mol. The number of nitrogens with one attached hydrogen (secondary N) is 1. The fourth-order valence-corrected chi connectivity index (χ4v) is 2.65. The molecule has 2 aliphatic rings. The van der Waals surface area contributed by atoms with E-state index in [4.69, 9.17) is 15.2 Å². The Bertz CT molecular complexity index is 432. The second-order valence-corrected chi connectivity index (χ2v) is 5.17. The third kappa shape index (κ3) is 2.25. The van der Waals surface area contributed by atoms with Gasteiger partial charge in [-0.2, -0.15) is 0 Å². The van der Waals surface area contributed by atoms with Gasteiger partial charge in [0.2, 0.25) is 0 Å². The van der Waals surface area contributed by atoms with Gasteiger partial charge in [0, 0.05) is 12.7 Å². The Morgan fingerprint density at radius 1 is 1.33 bits per heavy atom. The number of nitrogens with two attached hydrogens (primary N) is 1. The van der Waals surface area contributed by atoms with E-state index in [1.165, 1.54) is 12.8 Å². The quantitative estimate of drug-likeness (QED) is 0.802. The van der Waals surface area contributed by atoms with Gasteiger partial charge in [0.25, 0.3) is 0 Å². The van der Waals surface area contributed by atoms with Gasteiger partial charge in [0.1, 0.15) is 5.75 Å². The van der Waals surface area contributed by atoms with Crippen LogP contribution in [0.5, 0.6) is 5.75 Å². The van der Waals surface area contributed by atoms with Gasteiger partial charge in [0.15, 0.2) is 0 Å². The molecule has 1 saturated heterocycles. The monoisotopic (exact) mass is 248 g/mol. The summed E-state index contributed by atoms with van der Waals surface area (Å²) < 4.78 is 11.0. The number of nitrogen functional groups attached to an aromatic ring is 1. The van der Waals surface area contributed by atoms with Crippen molar-refractivity contribution in [3.63, 3.8) is 0 Å². The van der Waals surface area contributed by atoms with Crippen LogP contribution in [0.2, 0.25) is 0 Å². The lowest BCUT2D eigenvalue weighted by atomic mass is 10.1. The molecule has 2 atom stereocenters. The molecule has 4 nitrogen and oxygen atoms in total. The molecule has 1 aliphatic carbocycles. The maximum atomic E-state index is 6.03. The molecule has 1 aromatic rings. The molecule has 2 unspecified atom stereocenters. The van der Waals surface area contributed by atoms with E-state index in [9.17, 15) is 0 Å². The van der Waals surface area contributed by atoms with E-state index < -0.39 is 0 Å². The van der Waals surface area contributed by atoms with Crippen LogP contribution in [-0.4, -0.2) is 25.9 Å². The number of rotatable bonds is 4. The molecule has 0 aromatic heterocycles. The number of methoxy groups -OCH3 is 1. The van der Waals surface area contributed by atoms with Crippen molar-refractivity contribution < 1.29 is 9.47 Å². The minimum absolute atomic E-state index is 0.367. The van der Waals surface area contributed by atoms with E-state index in [2.05, 4.69) is 5.32 Å². The summed E-state index contributed by atoms with van der Waals surface area (Å²) in [7, 11) is 1.65. The molecule has 0 spiro atoms. The number of benzene rings is 1. The highest BCUT2D eigenvalue weighted by Gasteiger charge is 2.40. The lowest BCUT2D eigenvalue weighted by Gasteiger charge is -2.21. The molecule has 18 heavy (non-hydrogen) atoms. The van der Waals surface area contributed by atoms with Crippen LogP contribution in [-0.2, 0) is 4.74 Å². The molecule has 0 radical (unpaired) electrons. The van der Waals surface area contributed by atoms with Crippen molar-refractivity contribution in [1.82, 2.24) is 0 Å². The molecule has 0 bridgehead atoms. The molecule has 3 N–H and O–H groups in total. The summed E-state index contributed by atoms with van der Waals surface area (Å²) in [6.07, 6.45) is 4.04. The number of anilines is 2. The predicted molar refractivity (Wildman–Crippen MR) is 71.9 cm³/mol. The van der Waals surface area contributed by atoms with Crippen molar-refractivity contribution in [3.8, 4) is 5.75 Å². The third-order valence-electron chi connectivity index (χ3n) is 3.82. The maximum Gasteiger partial charge on any atom is 0.121 e. The van der Waals surface area contributed by atoms with Gasteiger partial charge in [-0.3, -0.25) is 0 Å². The minimum Gasteiger partial charge on any atom is -0.497 e. The van der Waals surface area contributed by atoms with Crippen LogP contribution < -0.4 is 15.8 Å².